The van der Waals surface area contributed by atoms with Crippen molar-refractivity contribution in [2.45, 2.75) is 70.5 Å². The highest BCUT2D eigenvalue weighted by Gasteiger charge is 2.34. The summed E-state index contributed by atoms with van der Waals surface area (Å²) in [5.74, 6) is -0.409. The molecule has 5 N–H and O–H groups in total. The van der Waals surface area contributed by atoms with Gasteiger partial charge in [0.25, 0.3) is 0 Å². The van der Waals surface area contributed by atoms with Crippen molar-refractivity contribution in [3.63, 3.8) is 0 Å². The normalized spacial score (nSPS) is 22.7. The molecule has 2 fully saturated rings. The molecule has 26 heavy (non-hydrogen) atoms. The Morgan fingerprint density at radius 2 is 1.85 bits per heavy atom. The molecule has 2 unspecified atom stereocenters. The first-order valence-corrected chi connectivity index (χ1v) is 9.76. The molecule has 0 radical (unpaired) electrons. The Bertz CT molecular complexity index is 505. The molecule has 1 heterocycles. The first-order valence-electron chi connectivity index (χ1n) is 9.76. The van der Waals surface area contributed by atoms with E-state index in [0.29, 0.717) is 32.0 Å². The van der Waals surface area contributed by atoms with Crippen LogP contribution in [0.15, 0.2) is 0 Å². The molecule has 2 rings (SSSR count). The fraction of sp³-hybridized carbons (Fsp3) is 0.833. The molecular formula is C18H33N5O3. The molecule has 0 bridgehead atoms. The molecule has 2 aliphatic rings. The minimum atomic E-state index is -0.678. The van der Waals surface area contributed by atoms with Crippen molar-refractivity contribution in [2.75, 3.05) is 19.6 Å². The number of piperazine rings is 1. The Morgan fingerprint density at radius 3 is 2.46 bits per heavy atom. The van der Waals surface area contributed by atoms with Crippen LogP contribution >= 0.6 is 0 Å². The van der Waals surface area contributed by atoms with Crippen LogP contribution in [-0.4, -0.2) is 60.5 Å². The maximum atomic E-state index is 12.8. The molecule has 0 aromatic carbocycles. The van der Waals surface area contributed by atoms with Crippen molar-refractivity contribution in [3.8, 4) is 0 Å². The monoisotopic (exact) mass is 367 g/mol. The summed E-state index contributed by atoms with van der Waals surface area (Å²) in [7, 11) is 0. The van der Waals surface area contributed by atoms with E-state index in [9.17, 15) is 14.4 Å². The summed E-state index contributed by atoms with van der Waals surface area (Å²) in [5, 5.41) is 8.76. The lowest BCUT2D eigenvalue weighted by molar-refractivity contribution is -0.131. The molecule has 0 aromatic heterocycles. The van der Waals surface area contributed by atoms with Gasteiger partial charge in [-0.05, 0) is 26.2 Å². The number of urea groups is 1. The lowest BCUT2D eigenvalue weighted by Gasteiger charge is -2.36. The van der Waals surface area contributed by atoms with Gasteiger partial charge in [-0.15, -0.1) is 0 Å². The van der Waals surface area contributed by atoms with Gasteiger partial charge < -0.3 is 26.6 Å². The van der Waals surface area contributed by atoms with E-state index in [1.54, 1.807) is 0 Å². The van der Waals surface area contributed by atoms with Gasteiger partial charge in [0.1, 0.15) is 12.1 Å². The van der Waals surface area contributed by atoms with E-state index in [4.69, 9.17) is 5.73 Å². The highest BCUT2D eigenvalue weighted by atomic mass is 16.2. The largest absolute Gasteiger partial charge is 0.368 e. The third-order valence-electron chi connectivity index (χ3n) is 5.17. The highest BCUT2D eigenvalue weighted by molar-refractivity contribution is 5.91. The lowest BCUT2D eigenvalue weighted by Crippen LogP contribution is -2.63. The number of carbonyl (C=O) groups is 3. The van der Waals surface area contributed by atoms with E-state index in [0.717, 1.165) is 12.8 Å². The second-order valence-electron chi connectivity index (χ2n) is 7.72. The summed E-state index contributed by atoms with van der Waals surface area (Å²) in [4.78, 5) is 38.5. The first kappa shape index (κ1) is 20.5. The summed E-state index contributed by atoms with van der Waals surface area (Å²) in [6, 6.07) is -1.59. The number of nitrogens with two attached hydrogens (primary N) is 1. The molecule has 8 nitrogen and oxygen atoms in total. The number of nitrogens with zero attached hydrogens (tertiary/aromatic N) is 1. The Balaban J connectivity index is 1.98. The van der Waals surface area contributed by atoms with Gasteiger partial charge in [-0.25, -0.2) is 4.79 Å². The van der Waals surface area contributed by atoms with E-state index in [1.807, 2.05) is 13.8 Å². The Kier molecular flexibility index (Phi) is 7.68. The van der Waals surface area contributed by atoms with Crippen molar-refractivity contribution in [3.05, 3.63) is 0 Å². The fourth-order valence-corrected chi connectivity index (χ4v) is 3.78. The number of carbonyl (C=O) groups excluding carboxylic acids is 3. The van der Waals surface area contributed by atoms with Crippen LogP contribution in [0.25, 0.3) is 0 Å². The van der Waals surface area contributed by atoms with Crippen LogP contribution < -0.4 is 21.7 Å². The number of amides is 4. The van der Waals surface area contributed by atoms with Crippen molar-refractivity contribution < 1.29 is 14.4 Å². The van der Waals surface area contributed by atoms with E-state index in [-0.39, 0.29) is 18.0 Å². The smallest absolute Gasteiger partial charge is 0.318 e. The molecule has 1 aliphatic heterocycles. The van der Waals surface area contributed by atoms with Crippen LogP contribution in [0.3, 0.4) is 0 Å². The molecule has 1 saturated heterocycles. The number of rotatable bonds is 6. The Hall–Kier alpha value is -1.83. The number of hydrogen-bond donors (Lipinski definition) is 4. The van der Waals surface area contributed by atoms with Gasteiger partial charge in [0.2, 0.25) is 11.8 Å². The Morgan fingerprint density at radius 1 is 1.15 bits per heavy atom. The van der Waals surface area contributed by atoms with Gasteiger partial charge in [-0.1, -0.05) is 32.1 Å². The van der Waals surface area contributed by atoms with Crippen molar-refractivity contribution >= 4 is 17.8 Å². The lowest BCUT2D eigenvalue weighted by atomic mass is 9.84. The second-order valence-corrected chi connectivity index (χ2v) is 7.72. The van der Waals surface area contributed by atoms with Gasteiger partial charge in [0.15, 0.2) is 0 Å². The number of primary amides is 1. The van der Waals surface area contributed by atoms with Gasteiger partial charge in [0, 0.05) is 25.7 Å². The summed E-state index contributed by atoms with van der Waals surface area (Å²) in [5.41, 5.74) is 5.53. The predicted molar refractivity (Wildman–Crippen MR) is 99.3 cm³/mol. The van der Waals surface area contributed by atoms with E-state index < -0.39 is 18.0 Å². The molecule has 0 aromatic rings. The molecule has 2 atom stereocenters. The van der Waals surface area contributed by atoms with Crippen LogP contribution in [0.4, 0.5) is 4.79 Å². The fourth-order valence-electron chi connectivity index (χ4n) is 3.78. The SMILES string of the molecule is CC(C)NC(=O)N1CCNCC1C(=O)NC(CC1CCCCC1)C(N)=O. The molecule has 0 spiro atoms. The average Bonchev–Trinajstić information content (AvgIpc) is 2.61. The quantitative estimate of drug-likeness (QED) is 0.541. The number of nitrogens with one attached hydrogen (secondary N) is 3. The molecule has 4 amide bonds. The van der Waals surface area contributed by atoms with E-state index in [1.165, 1.54) is 24.2 Å². The minimum absolute atomic E-state index is 0.00855. The van der Waals surface area contributed by atoms with Crippen LogP contribution in [0.5, 0.6) is 0 Å². The first-order chi connectivity index (χ1) is 12.4. The standard InChI is InChI=1S/C18H33N5O3/c1-12(2)21-18(26)23-9-8-20-11-15(23)17(25)22-14(16(19)24)10-13-6-4-3-5-7-13/h12-15,20H,3-11H2,1-2H3,(H2,19,24)(H,21,26)(H,22,25). The molecule has 148 valence electrons. The molecule has 1 saturated carbocycles. The van der Waals surface area contributed by atoms with Crippen molar-refractivity contribution in [2.24, 2.45) is 11.7 Å². The van der Waals surface area contributed by atoms with Gasteiger partial charge >= 0.3 is 6.03 Å². The van der Waals surface area contributed by atoms with Crippen molar-refractivity contribution in [1.82, 2.24) is 20.9 Å². The van der Waals surface area contributed by atoms with Crippen LogP contribution in [0.1, 0.15) is 52.4 Å². The van der Waals surface area contributed by atoms with E-state index in [2.05, 4.69) is 16.0 Å². The topological polar surface area (TPSA) is 117 Å². The molecule has 8 heteroatoms. The zero-order valence-corrected chi connectivity index (χ0v) is 15.9. The van der Waals surface area contributed by atoms with Crippen LogP contribution in [0.2, 0.25) is 0 Å². The van der Waals surface area contributed by atoms with Crippen molar-refractivity contribution in [1.29, 1.82) is 0 Å². The number of hydrogen-bond acceptors (Lipinski definition) is 4. The average molecular weight is 367 g/mol. The predicted octanol–water partition coefficient (Wildman–Crippen LogP) is 0.319. The third-order valence-corrected chi connectivity index (χ3v) is 5.17. The maximum Gasteiger partial charge on any atom is 0.318 e. The van der Waals surface area contributed by atoms with Crippen LogP contribution in [-0.2, 0) is 9.59 Å². The van der Waals surface area contributed by atoms with Gasteiger partial charge in [-0.2, -0.15) is 0 Å². The third kappa shape index (κ3) is 5.86. The molecular weight excluding hydrogens is 334 g/mol. The summed E-state index contributed by atoms with van der Waals surface area (Å²) < 4.78 is 0. The molecule has 1 aliphatic carbocycles. The summed E-state index contributed by atoms with van der Waals surface area (Å²) in [6.07, 6.45) is 6.30. The Labute approximate surface area is 155 Å². The minimum Gasteiger partial charge on any atom is -0.368 e. The zero-order valence-electron chi connectivity index (χ0n) is 15.9. The summed E-state index contributed by atoms with van der Waals surface area (Å²) >= 11 is 0. The van der Waals surface area contributed by atoms with E-state index >= 15 is 0 Å². The zero-order chi connectivity index (χ0) is 19.1. The maximum absolute atomic E-state index is 12.8. The summed E-state index contributed by atoms with van der Waals surface area (Å²) in [6.45, 7) is 5.20. The van der Waals surface area contributed by atoms with Gasteiger partial charge in [0.05, 0.1) is 0 Å². The van der Waals surface area contributed by atoms with Gasteiger partial charge in [-0.3, -0.25) is 9.59 Å². The second kappa shape index (κ2) is 9.75. The highest BCUT2D eigenvalue weighted by Crippen LogP contribution is 2.27. The van der Waals surface area contributed by atoms with Crippen LogP contribution in [0, 0.1) is 5.92 Å².